The van der Waals surface area contributed by atoms with Gasteiger partial charge >= 0.3 is 6.09 Å². The number of carbonyl (C=O) groups excluding carboxylic acids is 1. The summed E-state index contributed by atoms with van der Waals surface area (Å²) >= 11 is 0. The number of pyridine rings is 1. The third kappa shape index (κ3) is 4.71. The quantitative estimate of drug-likeness (QED) is 0.602. The van der Waals surface area contributed by atoms with Crippen molar-refractivity contribution >= 4 is 17.1 Å². The molecule has 1 fully saturated rings. The highest BCUT2D eigenvalue weighted by Gasteiger charge is 2.36. The number of hydrogen-bond acceptors (Lipinski definition) is 8. The van der Waals surface area contributed by atoms with Gasteiger partial charge in [0.25, 0.3) is 5.89 Å². The highest BCUT2D eigenvalue weighted by Crippen LogP contribution is 2.35. The second-order valence-corrected chi connectivity index (χ2v) is 8.77. The number of piperidine rings is 1. The molecule has 0 aliphatic carbocycles. The number of nitrogens with zero attached hydrogens (tertiary/aromatic N) is 5. The Hall–Kier alpha value is -2.94. The van der Waals surface area contributed by atoms with Crippen molar-refractivity contribution in [2.75, 3.05) is 19.6 Å². The summed E-state index contributed by atoms with van der Waals surface area (Å²) in [5.41, 5.74) is 0.271. The highest BCUT2D eigenvalue weighted by atomic mass is 16.6. The van der Waals surface area contributed by atoms with E-state index < -0.39 is 5.60 Å². The predicted molar refractivity (Wildman–Crippen MR) is 113 cm³/mol. The molecule has 0 spiro atoms. The molecule has 4 heterocycles. The molecule has 0 N–H and O–H groups in total. The van der Waals surface area contributed by atoms with E-state index in [1.54, 1.807) is 17.3 Å². The van der Waals surface area contributed by atoms with E-state index in [9.17, 15) is 4.79 Å². The van der Waals surface area contributed by atoms with E-state index in [2.05, 4.69) is 26.9 Å². The molecule has 0 bridgehead atoms. The SMILES string of the molecule is CCN(C1CCN(C(=O)OC(C)(C)C)CC1)C(c1cc2cnccc2o1)c1ncno1. The van der Waals surface area contributed by atoms with Crippen LogP contribution in [-0.2, 0) is 4.74 Å². The van der Waals surface area contributed by atoms with Crippen LogP contribution in [0.5, 0.6) is 0 Å². The minimum absolute atomic E-state index is 0.229. The van der Waals surface area contributed by atoms with E-state index in [1.807, 2.05) is 32.9 Å². The molecule has 1 atom stereocenters. The maximum Gasteiger partial charge on any atom is 0.410 e. The van der Waals surface area contributed by atoms with Crippen LogP contribution in [0.2, 0.25) is 0 Å². The fourth-order valence-corrected chi connectivity index (χ4v) is 4.13. The summed E-state index contributed by atoms with van der Waals surface area (Å²) in [4.78, 5) is 25.0. The van der Waals surface area contributed by atoms with Crippen molar-refractivity contribution in [2.24, 2.45) is 0 Å². The molecule has 166 valence electrons. The number of hydrogen-bond donors (Lipinski definition) is 0. The van der Waals surface area contributed by atoms with Crippen molar-refractivity contribution < 1.29 is 18.5 Å². The highest BCUT2D eigenvalue weighted by molar-refractivity contribution is 5.76. The Morgan fingerprint density at radius 3 is 2.74 bits per heavy atom. The molecule has 0 aromatic carbocycles. The first-order valence-corrected chi connectivity index (χ1v) is 10.7. The Labute approximate surface area is 181 Å². The van der Waals surface area contributed by atoms with Gasteiger partial charge in [-0.15, -0.1) is 0 Å². The van der Waals surface area contributed by atoms with E-state index in [0.717, 1.165) is 36.1 Å². The van der Waals surface area contributed by atoms with Gasteiger partial charge in [-0.05, 0) is 52.3 Å². The van der Waals surface area contributed by atoms with Gasteiger partial charge in [0.1, 0.15) is 23.0 Å². The Bertz CT molecular complexity index is 970. The minimum Gasteiger partial charge on any atom is -0.459 e. The van der Waals surface area contributed by atoms with E-state index in [1.165, 1.54) is 6.33 Å². The molecule has 31 heavy (non-hydrogen) atoms. The van der Waals surface area contributed by atoms with Crippen molar-refractivity contribution in [3.8, 4) is 0 Å². The van der Waals surface area contributed by atoms with Gasteiger partial charge in [0.05, 0.1) is 0 Å². The molecule has 1 unspecified atom stereocenters. The summed E-state index contributed by atoms with van der Waals surface area (Å²) in [6.07, 6.45) is 6.28. The second-order valence-electron chi connectivity index (χ2n) is 8.77. The van der Waals surface area contributed by atoms with Crippen molar-refractivity contribution in [2.45, 2.75) is 58.2 Å². The molecular formula is C22H29N5O4. The Kier molecular flexibility index (Phi) is 5.95. The number of rotatable bonds is 5. The molecule has 4 rings (SSSR count). The Morgan fingerprint density at radius 1 is 1.35 bits per heavy atom. The predicted octanol–water partition coefficient (Wildman–Crippen LogP) is 4.02. The van der Waals surface area contributed by atoms with Gasteiger partial charge in [-0.25, -0.2) is 4.79 Å². The Balaban J connectivity index is 1.55. The lowest BCUT2D eigenvalue weighted by Gasteiger charge is -2.40. The van der Waals surface area contributed by atoms with Gasteiger partial charge in [-0.2, -0.15) is 4.98 Å². The summed E-state index contributed by atoms with van der Waals surface area (Å²) < 4.78 is 17.1. The first-order valence-electron chi connectivity index (χ1n) is 10.7. The maximum atomic E-state index is 12.4. The zero-order chi connectivity index (χ0) is 22.0. The zero-order valence-corrected chi connectivity index (χ0v) is 18.4. The van der Waals surface area contributed by atoms with Gasteiger partial charge in [0.2, 0.25) is 0 Å². The van der Waals surface area contributed by atoms with Crippen LogP contribution < -0.4 is 0 Å². The van der Waals surface area contributed by atoms with Crippen LogP contribution in [-0.4, -0.2) is 62.3 Å². The van der Waals surface area contributed by atoms with Crippen LogP contribution in [0.25, 0.3) is 11.0 Å². The van der Waals surface area contributed by atoms with Crippen molar-refractivity contribution in [1.29, 1.82) is 0 Å². The average molecular weight is 428 g/mol. The smallest absolute Gasteiger partial charge is 0.410 e. The first kappa shape index (κ1) is 21.3. The zero-order valence-electron chi connectivity index (χ0n) is 18.4. The molecule has 1 amide bonds. The molecular weight excluding hydrogens is 398 g/mol. The van der Waals surface area contributed by atoms with Crippen LogP contribution in [0.1, 0.15) is 58.2 Å². The second kappa shape index (κ2) is 8.66. The van der Waals surface area contributed by atoms with Crippen molar-refractivity contribution in [3.05, 3.63) is 42.5 Å². The molecule has 3 aromatic rings. The monoisotopic (exact) mass is 427 g/mol. The number of amides is 1. The van der Waals surface area contributed by atoms with Gasteiger partial charge in [0.15, 0.2) is 6.33 Å². The largest absolute Gasteiger partial charge is 0.459 e. The molecule has 9 heteroatoms. The lowest BCUT2D eigenvalue weighted by molar-refractivity contribution is 0.0106. The van der Waals surface area contributed by atoms with Crippen LogP contribution in [0, 0.1) is 0 Å². The summed E-state index contributed by atoms with van der Waals surface area (Å²) in [7, 11) is 0. The number of furan rings is 1. The van der Waals surface area contributed by atoms with Gasteiger partial charge < -0.3 is 18.6 Å². The van der Waals surface area contributed by atoms with Crippen LogP contribution >= 0.6 is 0 Å². The molecule has 0 saturated carbocycles. The third-order valence-corrected chi connectivity index (χ3v) is 5.50. The Morgan fingerprint density at radius 2 is 2.13 bits per heavy atom. The summed E-state index contributed by atoms with van der Waals surface area (Å²) in [6.45, 7) is 9.79. The standard InChI is InChI=1S/C22H29N5O4/c1-5-27(16-7-10-26(11-8-16)21(28)30-22(2,3)4)19(20-24-14-25-31-20)18-12-15-13-23-9-6-17(15)29-18/h6,9,12-14,16,19H,5,7-8,10-11H2,1-4H3. The topological polar surface area (TPSA) is 97.7 Å². The lowest BCUT2D eigenvalue weighted by atomic mass is 10.00. The fraction of sp³-hybridized carbons (Fsp3) is 0.545. The first-order chi connectivity index (χ1) is 14.9. The molecule has 1 aliphatic heterocycles. The summed E-state index contributed by atoms with van der Waals surface area (Å²) in [5.74, 6) is 1.23. The normalized spacial score (nSPS) is 16.7. The number of aromatic nitrogens is 3. The van der Waals surface area contributed by atoms with Gasteiger partial charge in [0, 0.05) is 36.9 Å². The molecule has 1 saturated heterocycles. The number of fused-ring (bicyclic) bond motifs is 1. The number of carbonyl (C=O) groups is 1. The van der Waals surface area contributed by atoms with Crippen LogP contribution in [0.4, 0.5) is 4.79 Å². The van der Waals surface area contributed by atoms with Gasteiger partial charge in [-0.1, -0.05) is 12.1 Å². The van der Waals surface area contributed by atoms with E-state index >= 15 is 0 Å². The summed E-state index contributed by atoms with van der Waals surface area (Å²) in [5, 5.41) is 4.75. The van der Waals surface area contributed by atoms with Crippen LogP contribution in [0.15, 0.2) is 39.8 Å². The molecule has 9 nitrogen and oxygen atoms in total. The van der Waals surface area contributed by atoms with Crippen molar-refractivity contribution in [1.82, 2.24) is 24.9 Å². The molecule has 1 aliphatic rings. The van der Waals surface area contributed by atoms with Crippen molar-refractivity contribution in [3.63, 3.8) is 0 Å². The van der Waals surface area contributed by atoms with Crippen LogP contribution in [0.3, 0.4) is 0 Å². The molecule has 3 aromatic heterocycles. The maximum absolute atomic E-state index is 12.4. The summed E-state index contributed by atoms with van der Waals surface area (Å²) in [6, 6.07) is 3.75. The van der Waals surface area contributed by atoms with E-state index in [0.29, 0.717) is 19.0 Å². The van der Waals surface area contributed by atoms with E-state index in [-0.39, 0.29) is 18.2 Å². The van der Waals surface area contributed by atoms with Gasteiger partial charge in [-0.3, -0.25) is 9.88 Å². The minimum atomic E-state index is -0.497. The number of ether oxygens (including phenoxy) is 1. The lowest BCUT2D eigenvalue weighted by Crippen LogP contribution is -2.49. The number of likely N-dealkylation sites (tertiary alicyclic amines) is 1. The fourth-order valence-electron chi connectivity index (χ4n) is 4.13. The average Bonchev–Trinajstić information content (AvgIpc) is 3.40. The van der Waals surface area contributed by atoms with E-state index in [4.69, 9.17) is 13.7 Å². The third-order valence-electron chi connectivity index (χ3n) is 5.50. The molecule has 0 radical (unpaired) electrons.